The Morgan fingerprint density at radius 1 is 1.24 bits per heavy atom. The Balaban J connectivity index is 2.02. The smallest absolute Gasteiger partial charge is 0.150 e. The lowest BCUT2D eigenvalue weighted by Gasteiger charge is -2.13. The van der Waals surface area contributed by atoms with E-state index in [0.29, 0.717) is 33.4 Å². The molecule has 0 radical (unpaired) electrons. The molecule has 21 heavy (non-hydrogen) atoms. The predicted molar refractivity (Wildman–Crippen MR) is 80.5 cm³/mol. The van der Waals surface area contributed by atoms with E-state index in [2.05, 4.69) is 31.2 Å². The van der Waals surface area contributed by atoms with Gasteiger partial charge in [-0.05, 0) is 31.9 Å². The Labute approximate surface area is 128 Å². The highest BCUT2D eigenvalue weighted by Crippen LogP contribution is 2.39. The molecule has 1 aromatic heterocycles. The number of halogens is 3. The molecule has 1 heterocycles. The van der Waals surface area contributed by atoms with Crippen LogP contribution in [0.3, 0.4) is 0 Å². The van der Waals surface area contributed by atoms with Gasteiger partial charge in [-0.2, -0.15) is 0 Å². The first-order chi connectivity index (χ1) is 9.95. The fourth-order valence-electron chi connectivity index (χ4n) is 1.98. The minimum absolute atomic E-state index is 0.249. The van der Waals surface area contributed by atoms with E-state index in [1.54, 1.807) is 6.92 Å². The molecule has 0 unspecified atom stereocenters. The van der Waals surface area contributed by atoms with Gasteiger partial charge in [-0.1, -0.05) is 15.9 Å². The summed E-state index contributed by atoms with van der Waals surface area (Å²) in [7, 11) is 0. The predicted octanol–water partition coefficient (Wildman–Crippen LogP) is 4.03. The molecule has 1 saturated carbocycles. The van der Waals surface area contributed by atoms with E-state index in [1.807, 2.05) is 0 Å². The molecule has 3 rings (SSSR count). The average molecular weight is 355 g/mol. The van der Waals surface area contributed by atoms with Crippen molar-refractivity contribution in [1.29, 1.82) is 0 Å². The van der Waals surface area contributed by atoms with Gasteiger partial charge in [-0.25, -0.2) is 18.7 Å². The number of hydrogen-bond donors (Lipinski definition) is 2. The molecule has 110 valence electrons. The standard InChI is InChI=1S/C14H13BrF2N4/c1-6-12(18)20-14(7-2-3-7)21-13(6)19-11-9(16)4-8(15)5-10(11)17/h4-5,7H,2-3H2,1H3,(H3,18,19,20,21). The summed E-state index contributed by atoms with van der Waals surface area (Å²) >= 11 is 3.04. The fraction of sp³-hybridized carbons (Fsp3) is 0.286. The maximum Gasteiger partial charge on any atom is 0.150 e. The van der Waals surface area contributed by atoms with Gasteiger partial charge in [0.15, 0.2) is 11.6 Å². The normalized spacial score (nSPS) is 14.3. The van der Waals surface area contributed by atoms with Crippen molar-refractivity contribution in [3.63, 3.8) is 0 Å². The Morgan fingerprint density at radius 2 is 1.86 bits per heavy atom. The van der Waals surface area contributed by atoms with Crippen LogP contribution < -0.4 is 11.1 Å². The lowest BCUT2D eigenvalue weighted by atomic mass is 10.2. The van der Waals surface area contributed by atoms with Crippen molar-refractivity contribution in [2.75, 3.05) is 11.1 Å². The lowest BCUT2D eigenvalue weighted by molar-refractivity contribution is 0.589. The monoisotopic (exact) mass is 354 g/mol. The van der Waals surface area contributed by atoms with E-state index >= 15 is 0 Å². The summed E-state index contributed by atoms with van der Waals surface area (Å²) in [5.74, 6) is 0.182. The van der Waals surface area contributed by atoms with Crippen LogP contribution in [0.4, 0.5) is 26.1 Å². The quantitative estimate of drug-likeness (QED) is 0.873. The van der Waals surface area contributed by atoms with Crippen LogP contribution in [0.1, 0.15) is 30.1 Å². The number of nitrogens with zero attached hydrogens (tertiary/aromatic N) is 2. The molecule has 0 saturated heterocycles. The van der Waals surface area contributed by atoms with Gasteiger partial charge in [0.05, 0.1) is 0 Å². The lowest BCUT2D eigenvalue weighted by Crippen LogP contribution is -2.08. The van der Waals surface area contributed by atoms with Crippen LogP contribution in [0.15, 0.2) is 16.6 Å². The van der Waals surface area contributed by atoms with Crippen molar-refractivity contribution in [2.45, 2.75) is 25.7 Å². The molecule has 4 nitrogen and oxygen atoms in total. The molecule has 1 aliphatic rings. The van der Waals surface area contributed by atoms with E-state index in [4.69, 9.17) is 5.73 Å². The third kappa shape index (κ3) is 2.83. The summed E-state index contributed by atoms with van der Waals surface area (Å²) in [6.07, 6.45) is 2.03. The van der Waals surface area contributed by atoms with Gasteiger partial charge in [0, 0.05) is 16.0 Å². The zero-order valence-corrected chi connectivity index (χ0v) is 12.8. The van der Waals surface area contributed by atoms with E-state index in [0.717, 1.165) is 12.8 Å². The molecular weight excluding hydrogens is 342 g/mol. The van der Waals surface area contributed by atoms with E-state index in [-0.39, 0.29) is 5.69 Å². The third-order valence-electron chi connectivity index (χ3n) is 3.39. The van der Waals surface area contributed by atoms with E-state index in [1.165, 1.54) is 12.1 Å². The highest BCUT2D eigenvalue weighted by molar-refractivity contribution is 9.10. The Hall–Kier alpha value is -1.76. The van der Waals surface area contributed by atoms with Crippen LogP contribution in [-0.2, 0) is 0 Å². The first kappa shape index (κ1) is 14.2. The number of nitrogens with one attached hydrogen (secondary N) is 1. The second-order valence-corrected chi connectivity index (χ2v) is 6.00. The largest absolute Gasteiger partial charge is 0.383 e. The summed E-state index contributed by atoms with van der Waals surface area (Å²) < 4.78 is 28.1. The number of rotatable bonds is 3. The molecule has 1 aromatic carbocycles. The van der Waals surface area contributed by atoms with Gasteiger partial charge >= 0.3 is 0 Å². The van der Waals surface area contributed by atoms with Crippen molar-refractivity contribution < 1.29 is 8.78 Å². The molecule has 3 N–H and O–H groups in total. The third-order valence-corrected chi connectivity index (χ3v) is 3.85. The Bertz CT molecular complexity index is 693. The van der Waals surface area contributed by atoms with E-state index in [9.17, 15) is 8.78 Å². The van der Waals surface area contributed by atoms with Gasteiger partial charge in [0.2, 0.25) is 0 Å². The zero-order valence-electron chi connectivity index (χ0n) is 11.3. The second kappa shape index (κ2) is 5.22. The second-order valence-electron chi connectivity index (χ2n) is 5.08. The van der Waals surface area contributed by atoms with Gasteiger partial charge in [-0.3, -0.25) is 0 Å². The maximum absolute atomic E-state index is 13.9. The van der Waals surface area contributed by atoms with Crippen LogP contribution in [-0.4, -0.2) is 9.97 Å². The number of benzene rings is 1. The molecule has 2 aromatic rings. The van der Waals surface area contributed by atoms with Gasteiger partial charge < -0.3 is 11.1 Å². The summed E-state index contributed by atoms with van der Waals surface area (Å²) in [5, 5.41) is 2.70. The molecule has 0 amide bonds. The van der Waals surface area contributed by atoms with Crippen molar-refractivity contribution >= 4 is 33.3 Å². The summed E-state index contributed by atoms with van der Waals surface area (Å²) in [5.41, 5.74) is 6.18. The van der Waals surface area contributed by atoms with Crippen molar-refractivity contribution in [3.05, 3.63) is 39.6 Å². The molecule has 1 fully saturated rings. The van der Waals surface area contributed by atoms with Gasteiger partial charge in [-0.15, -0.1) is 0 Å². The number of hydrogen-bond acceptors (Lipinski definition) is 4. The summed E-state index contributed by atoms with van der Waals surface area (Å²) in [4.78, 5) is 8.58. The first-order valence-corrected chi connectivity index (χ1v) is 7.30. The molecule has 7 heteroatoms. The number of nitrogens with two attached hydrogens (primary N) is 1. The van der Waals surface area contributed by atoms with Gasteiger partial charge in [0.1, 0.15) is 23.1 Å². The summed E-state index contributed by atoms with van der Waals surface area (Å²) in [6, 6.07) is 2.38. The highest BCUT2D eigenvalue weighted by atomic mass is 79.9. The average Bonchev–Trinajstić information content (AvgIpc) is 3.22. The van der Waals surface area contributed by atoms with Crippen LogP contribution in [0.25, 0.3) is 0 Å². The van der Waals surface area contributed by atoms with Crippen LogP contribution in [0, 0.1) is 18.6 Å². The topological polar surface area (TPSA) is 63.8 Å². The maximum atomic E-state index is 13.9. The molecular formula is C14H13BrF2N4. The SMILES string of the molecule is Cc1c(N)nc(C2CC2)nc1Nc1c(F)cc(Br)cc1F. The van der Waals surface area contributed by atoms with Crippen molar-refractivity contribution in [2.24, 2.45) is 0 Å². The Morgan fingerprint density at radius 3 is 2.43 bits per heavy atom. The fourth-order valence-corrected chi connectivity index (χ4v) is 2.38. The van der Waals surface area contributed by atoms with Crippen LogP contribution >= 0.6 is 15.9 Å². The van der Waals surface area contributed by atoms with Crippen molar-refractivity contribution in [3.8, 4) is 0 Å². The zero-order chi connectivity index (χ0) is 15.1. The number of nitrogen functional groups attached to an aromatic ring is 1. The molecule has 0 aliphatic heterocycles. The summed E-state index contributed by atoms with van der Waals surface area (Å²) in [6.45, 7) is 1.71. The number of aromatic nitrogens is 2. The molecule has 0 bridgehead atoms. The minimum Gasteiger partial charge on any atom is -0.383 e. The minimum atomic E-state index is -0.702. The number of anilines is 3. The van der Waals surface area contributed by atoms with Gasteiger partial charge in [0.25, 0.3) is 0 Å². The van der Waals surface area contributed by atoms with E-state index < -0.39 is 11.6 Å². The molecule has 0 atom stereocenters. The first-order valence-electron chi connectivity index (χ1n) is 6.51. The molecule has 1 aliphatic carbocycles. The highest BCUT2D eigenvalue weighted by Gasteiger charge is 2.28. The molecule has 0 spiro atoms. The van der Waals surface area contributed by atoms with Crippen LogP contribution in [0.5, 0.6) is 0 Å². The van der Waals surface area contributed by atoms with Crippen molar-refractivity contribution in [1.82, 2.24) is 9.97 Å². The Kier molecular flexibility index (Phi) is 3.52. The van der Waals surface area contributed by atoms with Crippen LogP contribution in [0.2, 0.25) is 0 Å².